The van der Waals surface area contributed by atoms with Crippen molar-refractivity contribution in [2.24, 2.45) is 0 Å². The maximum atomic E-state index is 13.1. The molecule has 0 spiro atoms. The molecule has 0 saturated heterocycles. The minimum Gasteiger partial charge on any atom is -0.462 e. The summed E-state index contributed by atoms with van der Waals surface area (Å²) >= 11 is 0. The van der Waals surface area contributed by atoms with Crippen LogP contribution in [0.2, 0.25) is 0 Å². The Labute approximate surface area is 594 Å². The SMILES string of the molecule is CC/C=C\C/C=C\C/C=C\C/C=C\CCCCCCCCC(=O)OCC(COP(=O)(O)OCC(O)COP(=O)(O)OCC(COC(=O)CCCCCCC/C=C\C/C=C\CCCCC)OC(=O)CCCCCCC/C=C\CCCC)OC(=O)CCCCCCC/C=C\C/C=C\CCC. The lowest BCUT2D eigenvalue weighted by atomic mass is 10.1. The van der Waals surface area contributed by atoms with Gasteiger partial charge in [-0.2, -0.15) is 0 Å². The molecule has 19 heteroatoms. The third-order valence-electron chi connectivity index (χ3n) is 15.7. The van der Waals surface area contributed by atoms with Gasteiger partial charge in [0.05, 0.1) is 26.4 Å². The molecular formula is C79H136O17P2. The second kappa shape index (κ2) is 71.1. The molecule has 0 aromatic rings. The first kappa shape index (κ1) is 93.7. The molecule has 0 aromatic carbocycles. The highest BCUT2D eigenvalue weighted by atomic mass is 31.2. The average molecular weight is 1420 g/mol. The maximum absolute atomic E-state index is 13.1. The standard InChI is InChI=1S/C79H136O17P2/c1-5-9-13-17-21-25-29-32-34-35-36-37-39-42-45-48-52-56-60-64-77(82)90-70-75(96-79(84)66-62-58-54-50-46-40-31-27-23-19-15-11-7-3)72-94-98(87,88)92-68-73(80)67-91-97(85,86)93-71-74(95-78(83)65-61-57-53-49-43-28-24-20-16-12-8-4)69-89-76(81)63-59-55-51-47-44-41-38-33-30-26-22-18-14-10-6-2/h9,13,15,19-22,24-27,31-34,36-38,73-75,80H,5-8,10-12,14,16-18,23,28-30,35,39-72H2,1-4H3,(H,85,86)(H,87,88)/b13-9-,19-15-,24-20-,25-21-,26-22-,31-27-,34-32-,37-36-,38-33-. The van der Waals surface area contributed by atoms with Gasteiger partial charge in [0.15, 0.2) is 12.2 Å². The number of hydrogen-bond donors (Lipinski definition) is 3. The summed E-state index contributed by atoms with van der Waals surface area (Å²) in [5.74, 6) is -2.23. The first-order valence-corrected chi connectivity index (χ1v) is 41.1. The number of phosphoric acid groups is 2. The van der Waals surface area contributed by atoms with Crippen LogP contribution in [0.1, 0.15) is 310 Å². The van der Waals surface area contributed by atoms with Gasteiger partial charge in [0.25, 0.3) is 0 Å². The maximum Gasteiger partial charge on any atom is 0.472 e. The number of rotatable bonds is 71. The van der Waals surface area contributed by atoms with Crippen LogP contribution in [0, 0.1) is 0 Å². The van der Waals surface area contributed by atoms with E-state index < -0.39 is 97.5 Å². The van der Waals surface area contributed by atoms with Crippen molar-refractivity contribution in [2.45, 2.75) is 329 Å². The molecule has 5 atom stereocenters. The third kappa shape index (κ3) is 70.2. The number of carbonyl (C=O) groups is 4. The molecular weight excluding hydrogens is 1280 g/mol. The van der Waals surface area contributed by atoms with E-state index in [-0.39, 0.29) is 25.7 Å². The van der Waals surface area contributed by atoms with Gasteiger partial charge in [-0.05, 0) is 141 Å². The van der Waals surface area contributed by atoms with Gasteiger partial charge in [0, 0.05) is 25.7 Å². The van der Waals surface area contributed by atoms with Crippen molar-refractivity contribution in [3.05, 3.63) is 109 Å². The molecule has 0 bridgehead atoms. The molecule has 3 N–H and O–H groups in total. The number of unbranched alkanes of at least 4 members (excludes halogenated alkanes) is 27. The third-order valence-corrected chi connectivity index (χ3v) is 17.6. The minimum absolute atomic E-state index is 0.0737. The van der Waals surface area contributed by atoms with Crippen molar-refractivity contribution < 1.29 is 80.2 Å². The topological polar surface area (TPSA) is 237 Å². The van der Waals surface area contributed by atoms with E-state index in [1.165, 1.54) is 32.1 Å². The smallest absolute Gasteiger partial charge is 0.462 e. The van der Waals surface area contributed by atoms with Gasteiger partial charge in [0.1, 0.15) is 19.3 Å². The molecule has 17 nitrogen and oxygen atoms in total. The molecule has 0 rings (SSSR count). The van der Waals surface area contributed by atoms with Crippen LogP contribution in [0.5, 0.6) is 0 Å². The summed E-state index contributed by atoms with van der Waals surface area (Å²) < 4.78 is 68.4. The fourth-order valence-corrected chi connectivity index (χ4v) is 11.4. The lowest BCUT2D eigenvalue weighted by Gasteiger charge is -2.21. The molecule has 0 radical (unpaired) electrons. The van der Waals surface area contributed by atoms with E-state index in [9.17, 15) is 43.2 Å². The summed E-state index contributed by atoms with van der Waals surface area (Å²) in [6.45, 7) is 4.58. The molecule has 0 aromatic heterocycles. The largest absolute Gasteiger partial charge is 0.472 e. The second-order valence-electron chi connectivity index (χ2n) is 25.2. The predicted octanol–water partition coefficient (Wildman–Crippen LogP) is 21.8. The first-order valence-electron chi connectivity index (χ1n) is 38.1. The Bertz CT molecular complexity index is 2290. The van der Waals surface area contributed by atoms with Crippen LogP contribution in [-0.2, 0) is 65.4 Å². The summed E-state index contributed by atoms with van der Waals surface area (Å²) in [5.41, 5.74) is 0. The summed E-state index contributed by atoms with van der Waals surface area (Å²) in [5, 5.41) is 10.6. The molecule has 0 fully saturated rings. The number of aliphatic hydroxyl groups excluding tert-OH is 1. The summed E-state index contributed by atoms with van der Waals surface area (Å²) in [6.07, 6.45) is 75.1. The Hall–Kier alpha value is -4.28. The van der Waals surface area contributed by atoms with E-state index in [0.717, 1.165) is 199 Å². The van der Waals surface area contributed by atoms with E-state index >= 15 is 0 Å². The van der Waals surface area contributed by atoms with E-state index in [1.54, 1.807) is 0 Å². The minimum atomic E-state index is -4.98. The molecule has 0 saturated carbocycles. The summed E-state index contributed by atoms with van der Waals surface area (Å²) in [6, 6.07) is 0. The molecule has 0 aliphatic carbocycles. The van der Waals surface area contributed by atoms with E-state index in [0.29, 0.717) is 25.7 Å². The summed E-state index contributed by atoms with van der Waals surface area (Å²) in [4.78, 5) is 72.8. The van der Waals surface area contributed by atoms with E-state index in [2.05, 4.69) is 137 Å². The number of aliphatic hydroxyl groups is 1. The van der Waals surface area contributed by atoms with Crippen molar-refractivity contribution in [1.82, 2.24) is 0 Å². The second-order valence-corrected chi connectivity index (χ2v) is 28.1. The van der Waals surface area contributed by atoms with Crippen molar-refractivity contribution in [2.75, 3.05) is 39.6 Å². The fraction of sp³-hybridized carbons (Fsp3) is 0.722. The van der Waals surface area contributed by atoms with Gasteiger partial charge in [-0.1, -0.05) is 253 Å². The Balaban J connectivity index is 5.33. The zero-order valence-electron chi connectivity index (χ0n) is 61.4. The molecule has 98 heavy (non-hydrogen) atoms. The van der Waals surface area contributed by atoms with Crippen LogP contribution in [0.4, 0.5) is 0 Å². The van der Waals surface area contributed by atoms with Gasteiger partial charge >= 0.3 is 39.5 Å². The van der Waals surface area contributed by atoms with Crippen LogP contribution in [0.25, 0.3) is 0 Å². The first-order chi connectivity index (χ1) is 47.7. The molecule has 0 amide bonds. The van der Waals surface area contributed by atoms with Crippen molar-refractivity contribution in [3.8, 4) is 0 Å². The number of allylic oxidation sites excluding steroid dienone is 18. The Morgan fingerprint density at radius 3 is 0.898 bits per heavy atom. The molecule has 0 aliphatic rings. The highest BCUT2D eigenvalue weighted by Gasteiger charge is 2.30. The molecule has 564 valence electrons. The van der Waals surface area contributed by atoms with Gasteiger partial charge in [-0.3, -0.25) is 37.3 Å². The van der Waals surface area contributed by atoms with Gasteiger partial charge in [0.2, 0.25) is 0 Å². The number of esters is 4. The van der Waals surface area contributed by atoms with Crippen LogP contribution >= 0.6 is 15.6 Å². The molecule has 0 aliphatic heterocycles. The summed E-state index contributed by atoms with van der Waals surface area (Å²) in [7, 11) is -9.96. The highest BCUT2D eigenvalue weighted by Crippen LogP contribution is 2.45. The molecule has 0 heterocycles. The van der Waals surface area contributed by atoms with Gasteiger partial charge in [-0.25, -0.2) is 9.13 Å². The lowest BCUT2D eigenvalue weighted by Crippen LogP contribution is -2.30. The van der Waals surface area contributed by atoms with Crippen LogP contribution < -0.4 is 0 Å². The predicted molar refractivity (Wildman–Crippen MR) is 399 cm³/mol. The average Bonchev–Trinajstić information content (AvgIpc) is 0.972. The highest BCUT2D eigenvalue weighted by molar-refractivity contribution is 7.47. The quantitative estimate of drug-likeness (QED) is 0.0169. The monoisotopic (exact) mass is 1420 g/mol. The number of hydrogen-bond acceptors (Lipinski definition) is 15. The van der Waals surface area contributed by atoms with Crippen molar-refractivity contribution in [3.63, 3.8) is 0 Å². The van der Waals surface area contributed by atoms with Gasteiger partial charge < -0.3 is 33.8 Å². The Kier molecular flexibility index (Phi) is 68.0. The van der Waals surface area contributed by atoms with E-state index in [1.807, 2.05) is 0 Å². The zero-order chi connectivity index (χ0) is 71.8. The van der Waals surface area contributed by atoms with Crippen LogP contribution in [0.15, 0.2) is 109 Å². The normalized spacial score (nSPS) is 14.6. The Morgan fingerprint density at radius 2 is 0.561 bits per heavy atom. The lowest BCUT2D eigenvalue weighted by molar-refractivity contribution is -0.161. The van der Waals surface area contributed by atoms with Crippen LogP contribution in [0.3, 0.4) is 0 Å². The van der Waals surface area contributed by atoms with Gasteiger partial charge in [-0.15, -0.1) is 0 Å². The van der Waals surface area contributed by atoms with Crippen molar-refractivity contribution in [1.29, 1.82) is 0 Å². The Morgan fingerprint density at radius 1 is 0.296 bits per heavy atom. The van der Waals surface area contributed by atoms with Crippen molar-refractivity contribution >= 4 is 39.5 Å². The number of carbonyl (C=O) groups excluding carboxylic acids is 4. The van der Waals surface area contributed by atoms with E-state index in [4.69, 9.17) is 37.0 Å². The zero-order valence-corrected chi connectivity index (χ0v) is 63.2. The fourth-order valence-electron chi connectivity index (χ4n) is 9.85. The number of phosphoric ester groups is 2. The van der Waals surface area contributed by atoms with Crippen LogP contribution in [-0.4, -0.2) is 96.7 Å². The number of ether oxygens (including phenoxy) is 4. The molecule has 5 unspecified atom stereocenters.